The molecule has 10 heavy (non-hydrogen) atoms. The van der Waals surface area contributed by atoms with Gasteiger partial charge in [0.2, 0.25) is 0 Å². The highest BCUT2D eigenvalue weighted by Gasteiger charge is 1.90. The van der Waals surface area contributed by atoms with Crippen molar-refractivity contribution in [2.75, 3.05) is 0 Å². The fourth-order valence-electron chi connectivity index (χ4n) is 0.467. The minimum Gasteiger partial charge on any atom is -0.243 e. The minimum absolute atomic E-state index is 0.335. The van der Waals surface area contributed by atoms with Crippen molar-refractivity contribution < 1.29 is 0 Å². The lowest BCUT2D eigenvalue weighted by atomic mass is 10.3. The molecule has 1 aliphatic rings. The van der Waals surface area contributed by atoms with Gasteiger partial charge in [-0.25, -0.2) is 4.99 Å². The summed E-state index contributed by atoms with van der Waals surface area (Å²) in [5, 5.41) is 8.72. The van der Waals surface area contributed by atoms with Gasteiger partial charge in [-0.3, -0.25) is 0 Å². The Morgan fingerprint density at radius 1 is 1.60 bits per heavy atom. The lowest BCUT2D eigenvalue weighted by Crippen LogP contribution is -1.73. The predicted octanol–water partition coefficient (Wildman–Crippen LogP) is 1.76. The summed E-state index contributed by atoms with van der Waals surface area (Å²) < 4.78 is 0. The van der Waals surface area contributed by atoms with Crippen molar-refractivity contribution in [1.82, 2.24) is 0 Å². The number of halogens is 1. The van der Waals surface area contributed by atoms with Crippen molar-refractivity contribution in [3.63, 3.8) is 0 Å². The first kappa shape index (κ1) is 6.82. The van der Waals surface area contributed by atoms with E-state index in [1.54, 1.807) is 0 Å². The van der Waals surface area contributed by atoms with Gasteiger partial charge >= 0.3 is 0 Å². The summed E-state index contributed by atoms with van der Waals surface area (Å²) in [6.45, 7) is 0. The molecule has 0 atom stereocenters. The summed E-state index contributed by atoms with van der Waals surface area (Å²) in [7, 11) is 0. The van der Waals surface area contributed by atoms with Gasteiger partial charge in [-0.05, 0) is 6.08 Å². The maximum Gasteiger partial charge on any atom is 0.136 e. The second-order valence-electron chi connectivity index (χ2n) is 1.60. The van der Waals surface area contributed by atoms with Crippen LogP contribution in [0.4, 0.5) is 0 Å². The SMILES string of the molecule is N#CC1=CN=C(Cl)C=C=C1. The average molecular weight is 151 g/mol. The highest BCUT2D eigenvalue weighted by Crippen LogP contribution is 2.00. The van der Waals surface area contributed by atoms with Crippen molar-refractivity contribution in [3.05, 3.63) is 29.7 Å². The van der Waals surface area contributed by atoms with Gasteiger partial charge in [0, 0.05) is 12.3 Å². The second kappa shape index (κ2) is 3.03. The Labute approximate surface area is 63.4 Å². The van der Waals surface area contributed by atoms with Gasteiger partial charge in [0.25, 0.3) is 0 Å². The molecule has 1 aliphatic heterocycles. The van der Waals surface area contributed by atoms with Crippen LogP contribution in [0.15, 0.2) is 34.6 Å². The van der Waals surface area contributed by atoms with Crippen LogP contribution < -0.4 is 0 Å². The van der Waals surface area contributed by atoms with Crippen molar-refractivity contribution >= 4 is 16.8 Å². The van der Waals surface area contributed by atoms with Crippen molar-refractivity contribution in [3.8, 4) is 6.07 Å². The van der Waals surface area contributed by atoms with E-state index >= 15 is 0 Å². The molecule has 0 N–H and O–H groups in total. The summed E-state index contributed by atoms with van der Waals surface area (Å²) in [5.41, 5.74) is 3.15. The van der Waals surface area contributed by atoms with Crippen LogP contribution in [0.5, 0.6) is 0 Å². The van der Waals surface area contributed by atoms with Crippen molar-refractivity contribution in [2.45, 2.75) is 0 Å². The third kappa shape index (κ3) is 1.60. The molecule has 2 nitrogen and oxygen atoms in total. The molecule has 1 heterocycles. The monoisotopic (exact) mass is 150 g/mol. The zero-order chi connectivity index (χ0) is 7.40. The molecule has 0 aromatic carbocycles. The van der Waals surface area contributed by atoms with Gasteiger partial charge in [0.1, 0.15) is 11.2 Å². The van der Waals surface area contributed by atoms with E-state index in [-0.39, 0.29) is 0 Å². The number of hydrogen-bond acceptors (Lipinski definition) is 2. The topological polar surface area (TPSA) is 36.1 Å². The fourth-order valence-corrected chi connectivity index (χ4v) is 0.579. The first-order valence-electron chi connectivity index (χ1n) is 2.59. The lowest BCUT2D eigenvalue weighted by molar-refractivity contribution is 1.47. The van der Waals surface area contributed by atoms with Gasteiger partial charge in [0.15, 0.2) is 0 Å². The molecule has 0 aliphatic carbocycles. The molecule has 48 valence electrons. The van der Waals surface area contributed by atoms with Crippen LogP contribution in [0, 0.1) is 11.3 Å². The van der Waals surface area contributed by atoms with Crippen LogP contribution in [0.2, 0.25) is 0 Å². The van der Waals surface area contributed by atoms with Crippen LogP contribution >= 0.6 is 11.6 Å². The molecule has 0 saturated heterocycles. The van der Waals surface area contributed by atoms with E-state index in [2.05, 4.69) is 10.7 Å². The summed E-state index contributed by atoms with van der Waals surface area (Å²) in [5.74, 6) is 0. The number of nitrogens with zero attached hydrogens (tertiary/aromatic N) is 2. The highest BCUT2D eigenvalue weighted by atomic mass is 35.5. The molecular weight excluding hydrogens is 148 g/mol. The summed E-state index contributed by atoms with van der Waals surface area (Å²) >= 11 is 5.50. The van der Waals surface area contributed by atoms with E-state index in [1.165, 1.54) is 18.4 Å². The molecule has 0 fully saturated rings. The Morgan fingerprint density at radius 3 is 3.10 bits per heavy atom. The molecule has 0 spiro atoms. The van der Waals surface area contributed by atoms with E-state index in [9.17, 15) is 0 Å². The zero-order valence-electron chi connectivity index (χ0n) is 5.00. The lowest BCUT2D eigenvalue weighted by Gasteiger charge is -1.78. The Bertz CT molecular complexity index is 298. The Hall–Kier alpha value is -1.29. The van der Waals surface area contributed by atoms with E-state index in [0.717, 1.165) is 0 Å². The highest BCUT2D eigenvalue weighted by molar-refractivity contribution is 6.68. The molecule has 0 bridgehead atoms. The van der Waals surface area contributed by atoms with E-state index in [4.69, 9.17) is 16.9 Å². The molecule has 0 unspecified atom stereocenters. The Morgan fingerprint density at radius 2 is 2.40 bits per heavy atom. The molecule has 0 aromatic rings. The first-order valence-corrected chi connectivity index (χ1v) is 2.97. The van der Waals surface area contributed by atoms with Gasteiger partial charge in [-0.2, -0.15) is 5.26 Å². The van der Waals surface area contributed by atoms with Crippen molar-refractivity contribution in [2.24, 2.45) is 4.99 Å². The largest absolute Gasteiger partial charge is 0.243 e. The second-order valence-corrected chi connectivity index (χ2v) is 1.99. The predicted molar refractivity (Wildman–Crippen MR) is 39.6 cm³/mol. The van der Waals surface area contributed by atoms with E-state index in [1.807, 2.05) is 6.07 Å². The number of allylic oxidation sites excluding steroid dienone is 2. The molecule has 0 saturated carbocycles. The molecule has 3 heteroatoms. The fraction of sp³-hybridized carbons (Fsp3) is 0. The number of aliphatic imine (C=N–C) groups is 1. The zero-order valence-corrected chi connectivity index (χ0v) is 5.76. The van der Waals surface area contributed by atoms with Gasteiger partial charge < -0.3 is 0 Å². The number of hydrogen-bond donors (Lipinski definition) is 0. The molecule has 1 rings (SSSR count). The number of nitriles is 1. The van der Waals surface area contributed by atoms with Gasteiger partial charge in [-0.15, -0.1) is 5.73 Å². The molecule has 0 radical (unpaired) electrons. The quantitative estimate of drug-likeness (QED) is 0.485. The Balaban J connectivity index is 3.05. The normalized spacial score (nSPS) is 15.2. The van der Waals surface area contributed by atoms with Gasteiger partial charge in [-0.1, -0.05) is 11.6 Å². The van der Waals surface area contributed by atoms with Crippen LogP contribution in [0.3, 0.4) is 0 Å². The molecular formula is C7H3ClN2. The van der Waals surface area contributed by atoms with Crippen LogP contribution in [0.1, 0.15) is 0 Å². The standard InChI is InChI=1S/C7H3ClN2/c8-7-3-1-2-6(4-9)5-10-7/h2-3,5H. The maximum atomic E-state index is 8.39. The smallest absolute Gasteiger partial charge is 0.136 e. The third-order valence-corrected chi connectivity index (χ3v) is 1.10. The number of rotatable bonds is 0. The van der Waals surface area contributed by atoms with E-state index in [0.29, 0.717) is 10.7 Å². The van der Waals surface area contributed by atoms with Crippen LogP contribution in [-0.2, 0) is 0 Å². The van der Waals surface area contributed by atoms with Crippen LogP contribution in [0.25, 0.3) is 0 Å². The molecule has 0 aromatic heterocycles. The van der Waals surface area contributed by atoms with Crippen LogP contribution in [-0.4, -0.2) is 5.17 Å². The summed E-state index contributed by atoms with van der Waals surface area (Å²) in [4.78, 5) is 3.72. The molecule has 0 amide bonds. The van der Waals surface area contributed by atoms with E-state index < -0.39 is 0 Å². The summed E-state index contributed by atoms with van der Waals surface area (Å²) in [6.07, 6.45) is 4.43. The maximum absolute atomic E-state index is 8.39. The minimum atomic E-state index is 0.335. The first-order chi connectivity index (χ1) is 4.83. The van der Waals surface area contributed by atoms with Crippen molar-refractivity contribution in [1.29, 1.82) is 5.26 Å². The average Bonchev–Trinajstić information content (AvgIpc) is 2.14. The third-order valence-electron chi connectivity index (χ3n) is 0.897. The van der Waals surface area contributed by atoms with Gasteiger partial charge in [0.05, 0.1) is 5.57 Å². The summed E-state index contributed by atoms with van der Waals surface area (Å²) in [6, 6.07) is 1.92. The Kier molecular flexibility index (Phi) is 2.07.